The molecular formula is C22H37N3O2. The molecule has 0 unspecified atom stereocenters. The molecule has 1 atom stereocenters. The highest BCUT2D eigenvalue weighted by Crippen LogP contribution is 2.18. The number of piperazine rings is 1. The smallest absolute Gasteiger partial charge is 0.119 e. The first-order chi connectivity index (χ1) is 13.2. The van der Waals surface area contributed by atoms with Gasteiger partial charge in [0.1, 0.15) is 18.5 Å². The summed E-state index contributed by atoms with van der Waals surface area (Å²) in [4.78, 5) is 7.35. The SMILES string of the molecule is CCN1CCN(C[C@H](O)COc2cccc(CN3CCCCCC3)c2)CC1. The van der Waals surface area contributed by atoms with Gasteiger partial charge in [0.15, 0.2) is 0 Å². The minimum absolute atomic E-state index is 0.362. The second kappa shape index (κ2) is 11.0. The van der Waals surface area contributed by atoms with Crippen LogP contribution in [0.25, 0.3) is 0 Å². The van der Waals surface area contributed by atoms with Crippen LogP contribution in [0.4, 0.5) is 0 Å². The molecule has 2 aliphatic heterocycles. The summed E-state index contributed by atoms with van der Waals surface area (Å²) in [6.45, 7) is 12.1. The summed E-state index contributed by atoms with van der Waals surface area (Å²) in [6, 6.07) is 8.39. The zero-order chi connectivity index (χ0) is 18.9. The summed E-state index contributed by atoms with van der Waals surface area (Å²) in [5.74, 6) is 0.872. The average molecular weight is 376 g/mol. The summed E-state index contributed by atoms with van der Waals surface area (Å²) < 4.78 is 5.90. The van der Waals surface area contributed by atoms with Crippen molar-refractivity contribution in [3.63, 3.8) is 0 Å². The molecule has 152 valence electrons. The van der Waals surface area contributed by atoms with Gasteiger partial charge in [0.05, 0.1) is 0 Å². The van der Waals surface area contributed by atoms with Gasteiger partial charge in [0, 0.05) is 39.3 Å². The van der Waals surface area contributed by atoms with Crippen LogP contribution in [-0.4, -0.2) is 84.9 Å². The number of β-amino-alcohol motifs (C(OH)–C–C–N with tert-alkyl or cyclic N) is 1. The van der Waals surface area contributed by atoms with Gasteiger partial charge < -0.3 is 14.7 Å². The van der Waals surface area contributed by atoms with E-state index in [0.717, 1.165) is 45.0 Å². The molecule has 0 radical (unpaired) electrons. The molecule has 1 aromatic carbocycles. The lowest BCUT2D eigenvalue weighted by atomic mass is 10.2. The van der Waals surface area contributed by atoms with Gasteiger partial charge in [0.2, 0.25) is 0 Å². The van der Waals surface area contributed by atoms with Gasteiger partial charge in [-0.1, -0.05) is 31.9 Å². The molecule has 1 aromatic rings. The first-order valence-electron chi connectivity index (χ1n) is 10.8. The minimum atomic E-state index is -0.438. The number of likely N-dealkylation sites (N-methyl/N-ethyl adjacent to an activating group) is 1. The molecule has 2 fully saturated rings. The summed E-state index contributed by atoms with van der Waals surface area (Å²) in [7, 11) is 0. The number of aliphatic hydroxyl groups excluding tert-OH is 1. The molecule has 5 heteroatoms. The number of likely N-dealkylation sites (tertiary alicyclic amines) is 1. The second-order valence-electron chi connectivity index (χ2n) is 8.04. The van der Waals surface area contributed by atoms with E-state index in [1.165, 1.54) is 44.3 Å². The van der Waals surface area contributed by atoms with Crippen molar-refractivity contribution in [3.05, 3.63) is 29.8 Å². The van der Waals surface area contributed by atoms with Crippen molar-refractivity contribution in [2.45, 2.75) is 45.3 Å². The summed E-state index contributed by atoms with van der Waals surface area (Å²) >= 11 is 0. The van der Waals surface area contributed by atoms with Crippen LogP contribution in [0, 0.1) is 0 Å². The molecule has 0 aromatic heterocycles. The minimum Gasteiger partial charge on any atom is -0.491 e. The van der Waals surface area contributed by atoms with Gasteiger partial charge in [0.25, 0.3) is 0 Å². The maximum Gasteiger partial charge on any atom is 0.119 e. The monoisotopic (exact) mass is 375 g/mol. The first kappa shape index (κ1) is 20.6. The van der Waals surface area contributed by atoms with Crippen molar-refractivity contribution in [2.24, 2.45) is 0 Å². The molecule has 5 nitrogen and oxygen atoms in total. The lowest BCUT2D eigenvalue weighted by Crippen LogP contribution is -2.49. The van der Waals surface area contributed by atoms with E-state index in [4.69, 9.17) is 4.74 Å². The van der Waals surface area contributed by atoms with Gasteiger partial charge >= 0.3 is 0 Å². The van der Waals surface area contributed by atoms with E-state index < -0.39 is 6.10 Å². The van der Waals surface area contributed by atoms with E-state index in [-0.39, 0.29) is 0 Å². The molecule has 0 saturated carbocycles. The quantitative estimate of drug-likeness (QED) is 0.756. The molecule has 0 amide bonds. The summed E-state index contributed by atoms with van der Waals surface area (Å²) in [5, 5.41) is 10.4. The van der Waals surface area contributed by atoms with Crippen LogP contribution in [0.15, 0.2) is 24.3 Å². The van der Waals surface area contributed by atoms with Gasteiger partial charge in [-0.25, -0.2) is 0 Å². The van der Waals surface area contributed by atoms with Crippen LogP contribution in [0.2, 0.25) is 0 Å². The number of nitrogens with zero attached hydrogens (tertiary/aromatic N) is 3. The lowest BCUT2D eigenvalue weighted by molar-refractivity contribution is 0.0470. The maximum atomic E-state index is 10.4. The van der Waals surface area contributed by atoms with E-state index in [9.17, 15) is 5.11 Å². The molecule has 1 N–H and O–H groups in total. The fraction of sp³-hybridized carbons (Fsp3) is 0.727. The zero-order valence-corrected chi connectivity index (χ0v) is 17.0. The second-order valence-corrected chi connectivity index (χ2v) is 8.04. The predicted octanol–water partition coefficient (Wildman–Crippen LogP) is 2.44. The third-order valence-electron chi connectivity index (χ3n) is 5.83. The Morgan fingerprint density at radius 2 is 1.63 bits per heavy atom. The highest BCUT2D eigenvalue weighted by molar-refractivity contribution is 5.28. The number of ether oxygens (including phenoxy) is 1. The van der Waals surface area contributed by atoms with Crippen LogP contribution in [0.1, 0.15) is 38.2 Å². The Balaban J connectivity index is 1.41. The fourth-order valence-electron chi connectivity index (χ4n) is 4.12. The third-order valence-corrected chi connectivity index (χ3v) is 5.83. The first-order valence-corrected chi connectivity index (χ1v) is 10.8. The van der Waals surface area contributed by atoms with Crippen molar-refractivity contribution in [3.8, 4) is 5.75 Å². The number of hydrogen-bond donors (Lipinski definition) is 1. The van der Waals surface area contributed by atoms with Crippen LogP contribution >= 0.6 is 0 Å². The number of rotatable bonds is 8. The Kier molecular flexibility index (Phi) is 8.39. The van der Waals surface area contributed by atoms with E-state index in [1.54, 1.807) is 0 Å². The van der Waals surface area contributed by atoms with Crippen molar-refractivity contribution in [2.75, 3.05) is 59.0 Å². The Bertz CT molecular complexity index is 538. The maximum absolute atomic E-state index is 10.4. The number of hydrogen-bond acceptors (Lipinski definition) is 5. The van der Waals surface area contributed by atoms with Crippen LogP contribution in [0.5, 0.6) is 5.75 Å². The van der Waals surface area contributed by atoms with E-state index in [0.29, 0.717) is 13.2 Å². The Labute approximate surface area is 164 Å². The molecule has 3 rings (SSSR count). The van der Waals surface area contributed by atoms with Gasteiger partial charge in [-0.2, -0.15) is 0 Å². The molecule has 2 aliphatic rings. The average Bonchev–Trinajstić information content (AvgIpc) is 2.96. The highest BCUT2D eigenvalue weighted by atomic mass is 16.5. The Morgan fingerprint density at radius 3 is 2.33 bits per heavy atom. The van der Waals surface area contributed by atoms with Crippen molar-refractivity contribution in [1.29, 1.82) is 0 Å². The van der Waals surface area contributed by atoms with Crippen LogP contribution in [-0.2, 0) is 6.54 Å². The van der Waals surface area contributed by atoms with E-state index in [1.807, 2.05) is 6.07 Å². The molecule has 0 aliphatic carbocycles. The van der Waals surface area contributed by atoms with E-state index in [2.05, 4.69) is 39.8 Å². The predicted molar refractivity (Wildman–Crippen MR) is 110 cm³/mol. The number of benzene rings is 1. The molecule has 2 heterocycles. The van der Waals surface area contributed by atoms with Crippen molar-refractivity contribution >= 4 is 0 Å². The van der Waals surface area contributed by atoms with Crippen LogP contribution < -0.4 is 4.74 Å². The standard InChI is InChI=1S/C22H37N3O2/c1-2-23-12-14-25(15-13-23)18-21(26)19-27-22-9-7-8-20(16-22)17-24-10-5-3-4-6-11-24/h7-9,16,21,26H,2-6,10-15,17-19H2,1H3/t21-/m0/s1. The van der Waals surface area contributed by atoms with Gasteiger partial charge in [-0.3, -0.25) is 9.80 Å². The third kappa shape index (κ3) is 7.07. The lowest BCUT2D eigenvalue weighted by Gasteiger charge is -2.34. The molecule has 2 saturated heterocycles. The molecule has 0 bridgehead atoms. The normalized spacial score (nSPS) is 21.7. The fourth-order valence-corrected chi connectivity index (χ4v) is 4.12. The molecule has 0 spiro atoms. The van der Waals surface area contributed by atoms with Crippen LogP contribution in [0.3, 0.4) is 0 Å². The largest absolute Gasteiger partial charge is 0.491 e. The highest BCUT2D eigenvalue weighted by Gasteiger charge is 2.18. The molecular weight excluding hydrogens is 338 g/mol. The summed E-state index contributed by atoms with van der Waals surface area (Å²) in [5.41, 5.74) is 1.31. The molecule has 27 heavy (non-hydrogen) atoms. The Hall–Kier alpha value is -1.14. The zero-order valence-electron chi connectivity index (χ0n) is 17.0. The van der Waals surface area contributed by atoms with Crippen molar-refractivity contribution in [1.82, 2.24) is 14.7 Å². The Morgan fingerprint density at radius 1 is 0.926 bits per heavy atom. The van der Waals surface area contributed by atoms with Gasteiger partial charge in [-0.15, -0.1) is 0 Å². The van der Waals surface area contributed by atoms with Gasteiger partial charge in [-0.05, 0) is 50.2 Å². The van der Waals surface area contributed by atoms with Crippen molar-refractivity contribution < 1.29 is 9.84 Å². The van der Waals surface area contributed by atoms with E-state index >= 15 is 0 Å². The number of aliphatic hydroxyl groups is 1. The topological polar surface area (TPSA) is 39.2 Å². The summed E-state index contributed by atoms with van der Waals surface area (Å²) in [6.07, 6.45) is 4.92.